The van der Waals surface area contributed by atoms with E-state index in [0.717, 1.165) is 6.42 Å². The van der Waals surface area contributed by atoms with Crippen LogP contribution in [0.1, 0.15) is 19.8 Å². The highest BCUT2D eigenvalue weighted by Crippen LogP contribution is 2.00. The van der Waals surface area contributed by atoms with Gasteiger partial charge in [0.25, 0.3) is 0 Å². The van der Waals surface area contributed by atoms with Crippen molar-refractivity contribution in [2.75, 3.05) is 5.32 Å². The lowest BCUT2D eigenvalue weighted by molar-refractivity contribution is -0.117. The minimum Gasteiger partial charge on any atom is -0.320 e. The molecule has 5 heteroatoms. The van der Waals surface area contributed by atoms with E-state index in [0.29, 0.717) is 12.2 Å². The molecule has 0 aromatic carbocycles. The average Bonchev–Trinajstić information content (AvgIpc) is 2.19. The second-order valence-electron chi connectivity index (χ2n) is 2.98. The summed E-state index contributed by atoms with van der Waals surface area (Å²) in [6.07, 6.45) is 6.10. The van der Waals surface area contributed by atoms with Gasteiger partial charge in [0.2, 0.25) is 5.91 Å². The van der Waals surface area contributed by atoms with E-state index in [4.69, 9.17) is 5.73 Å². The maximum Gasteiger partial charge on any atom is 0.242 e. The third-order valence-corrected chi connectivity index (χ3v) is 1.75. The van der Waals surface area contributed by atoms with Gasteiger partial charge in [0, 0.05) is 12.4 Å². The summed E-state index contributed by atoms with van der Waals surface area (Å²) in [5.74, 6) is 0.219. The summed E-state index contributed by atoms with van der Waals surface area (Å²) >= 11 is 0. The van der Waals surface area contributed by atoms with Gasteiger partial charge in [-0.15, -0.1) is 0 Å². The molecule has 0 bridgehead atoms. The Hall–Kier alpha value is -1.49. The summed E-state index contributed by atoms with van der Waals surface area (Å²) in [5.41, 5.74) is 5.62. The predicted octanol–water partition coefficient (Wildman–Crippen LogP) is 0.542. The van der Waals surface area contributed by atoms with E-state index >= 15 is 0 Å². The van der Waals surface area contributed by atoms with Crippen LogP contribution in [-0.2, 0) is 4.79 Å². The quantitative estimate of drug-likeness (QED) is 0.733. The lowest BCUT2D eigenvalue weighted by Crippen LogP contribution is -2.35. The molecule has 1 aromatic rings. The summed E-state index contributed by atoms with van der Waals surface area (Å²) < 4.78 is 0. The van der Waals surface area contributed by atoms with Crippen LogP contribution in [0.2, 0.25) is 0 Å². The van der Waals surface area contributed by atoms with Gasteiger partial charge in [-0.1, -0.05) is 13.3 Å². The first-order valence-electron chi connectivity index (χ1n) is 4.56. The number of amides is 1. The first kappa shape index (κ1) is 10.6. The number of carbonyl (C=O) groups excluding carboxylic acids is 1. The number of hydrogen-bond acceptors (Lipinski definition) is 4. The molecule has 0 aliphatic heterocycles. The summed E-state index contributed by atoms with van der Waals surface area (Å²) in [7, 11) is 0. The molecule has 5 nitrogen and oxygen atoms in total. The van der Waals surface area contributed by atoms with Crippen molar-refractivity contribution in [2.45, 2.75) is 25.8 Å². The van der Waals surface area contributed by atoms with Crippen LogP contribution in [0.15, 0.2) is 18.6 Å². The van der Waals surface area contributed by atoms with E-state index in [1.165, 1.54) is 12.4 Å². The van der Waals surface area contributed by atoms with Crippen molar-refractivity contribution in [3.05, 3.63) is 18.6 Å². The molecule has 0 aliphatic rings. The molecule has 3 N–H and O–H groups in total. The van der Waals surface area contributed by atoms with Crippen molar-refractivity contribution in [1.82, 2.24) is 9.97 Å². The van der Waals surface area contributed by atoms with Crippen molar-refractivity contribution >= 4 is 11.7 Å². The second-order valence-corrected chi connectivity index (χ2v) is 2.98. The van der Waals surface area contributed by atoms with E-state index in [1.807, 2.05) is 6.92 Å². The monoisotopic (exact) mass is 194 g/mol. The van der Waals surface area contributed by atoms with Gasteiger partial charge in [-0.25, -0.2) is 4.98 Å². The highest BCUT2D eigenvalue weighted by molar-refractivity contribution is 5.93. The molecule has 1 aromatic heterocycles. The maximum absolute atomic E-state index is 11.4. The zero-order chi connectivity index (χ0) is 10.4. The Morgan fingerprint density at radius 3 is 3.00 bits per heavy atom. The first-order valence-corrected chi connectivity index (χ1v) is 4.56. The molecule has 1 atom stereocenters. The first-order chi connectivity index (χ1) is 6.74. The molecule has 0 spiro atoms. The minimum atomic E-state index is -0.470. The third-order valence-electron chi connectivity index (χ3n) is 1.75. The number of nitrogens with zero attached hydrogens (tertiary/aromatic N) is 2. The maximum atomic E-state index is 11.4. The van der Waals surface area contributed by atoms with E-state index in [-0.39, 0.29) is 5.91 Å². The SMILES string of the molecule is CCC[C@H](N)C(=O)Nc1cnccn1. The highest BCUT2D eigenvalue weighted by atomic mass is 16.2. The molecule has 1 heterocycles. The van der Waals surface area contributed by atoms with Crippen LogP contribution in [0.5, 0.6) is 0 Å². The Balaban J connectivity index is 2.49. The van der Waals surface area contributed by atoms with Crippen molar-refractivity contribution in [1.29, 1.82) is 0 Å². The van der Waals surface area contributed by atoms with Crippen LogP contribution in [0.4, 0.5) is 5.82 Å². The van der Waals surface area contributed by atoms with Crippen molar-refractivity contribution < 1.29 is 4.79 Å². The molecular formula is C9H14N4O. The zero-order valence-corrected chi connectivity index (χ0v) is 8.10. The van der Waals surface area contributed by atoms with Gasteiger partial charge >= 0.3 is 0 Å². The minimum absolute atomic E-state index is 0.215. The fourth-order valence-corrected chi connectivity index (χ4v) is 1.02. The number of nitrogens with one attached hydrogen (secondary N) is 1. The third kappa shape index (κ3) is 3.10. The normalized spacial score (nSPS) is 12.1. The number of aromatic nitrogens is 2. The molecule has 1 rings (SSSR count). The molecule has 0 radical (unpaired) electrons. The molecule has 0 aliphatic carbocycles. The Morgan fingerprint density at radius 1 is 1.64 bits per heavy atom. The summed E-state index contributed by atoms with van der Waals surface area (Å²) in [6.45, 7) is 1.98. The van der Waals surface area contributed by atoms with Crippen molar-refractivity contribution in [2.24, 2.45) is 5.73 Å². The topological polar surface area (TPSA) is 80.9 Å². The lowest BCUT2D eigenvalue weighted by Gasteiger charge is -2.09. The van der Waals surface area contributed by atoms with Gasteiger partial charge in [0.1, 0.15) is 0 Å². The lowest BCUT2D eigenvalue weighted by atomic mass is 10.2. The molecule has 0 fully saturated rings. The fourth-order valence-electron chi connectivity index (χ4n) is 1.02. The molecule has 76 valence electrons. The second kappa shape index (κ2) is 5.29. The van der Waals surface area contributed by atoms with Gasteiger partial charge in [0.05, 0.1) is 12.2 Å². The van der Waals surface area contributed by atoms with Crippen LogP contribution >= 0.6 is 0 Å². The van der Waals surface area contributed by atoms with Crippen LogP contribution in [0.25, 0.3) is 0 Å². The Bertz CT molecular complexity index is 288. The molecular weight excluding hydrogens is 180 g/mol. The summed E-state index contributed by atoms with van der Waals surface area (Å²) in [4.78, 5) is 19.1. The summed E-state index contributed by atoms with van der Waals surface area (Å²) in [6, 6.07) is -0.470. The molecule has 0 saturated heterocycles. The van der Waals surface area contributed by atoms with Gasteiger partial charge in [-0.2, -0.15) is 0 Å². The predicted molar refractivity (Wildman–Crippen MR) is 53.5 cm³/mol. The molecule has 14 heavy (non-hydrogen) atoms. The average molecular weight is 194 g/mol. The van der Waals surface area contributed by atoms with Gasteiger partial charge in [-0.3, -0.25) is 9.78 Å². The Morgan fingerprint density at radius 2 is 2.43 bits per heavy atom. The van der Waals surface area contributed by atoms with Gasteiger partial charge in [0.15, 0.2) is 5.82 Å². The van der Waals surface area contributed by atoms with Crippen LogP contribution in [0, 0.1) is 0 Å². The van der Waals surface area contributed by atoms with Crippen LogP contribution in [-0.4, -0.2) is 21.9 Å². The smallest absolute Gasteiger partial charge is 0.242 e. The molecule has 0 unspecified atom stereocenters. The van der Waals surface area contributed by atoms with Crippen LogP contribution in [0.3, 0.4) is 0 Å². The number of anilines is 1. The van der Waals surface area contributed by atoms with Crippen molar-refractivity contribution in [3.8, 4) is 0 Å². The number of rotatable bonds is 4. The number of carbonyl (C=O) groups is 1. The number of nitrogens with two attached hydrogens (primary N) is 1. The van der Waals surface area contributed by atoms with E-state index in [1.54, 1.807) is 6.20 Å². The zero-order valence-electron chi connectivity index (χ0n) is 8.10. The van der Waals surface area contributed by atoms with Crippen LogP contribution < -0.4 is 11.1 Å². The van der Waals surface area contributed by atoms with Gasteiger partial charge in [-0.05, 0) is 6.42 Å². The van der Waals surface area contributed by atoms with E-state index in [2.05, 4.69) is 15.3 Å². The number of hydrogen-bond donors (Lipinski definition) is 2. The Kier molecular flexibility index (Phi) is 4.00. The molecule has 1 amide bonds. The van der Waals surface area contributed by atoms with Crippen molar-refractivity contribution in [3.63, 3.8) is 0 Å². The van der Waals surface area contributed by atoms with E-state index < -0.39 is 6.04 Å². The standard InChI is InChI=1S/C9H14N4O/c1-2-3-7(10)9(14)13-8-6-11-4-5-12-8/h4-7H,2-3,10H2,1H3,(H,12,13,14)/t7-/m0/s1. The Labute approximate surface area is 82.7 Å². The molecule has 0 saturated carbocycles. The fraction of sp³-hybridized carbons (Fsp3) is 0.444. The largest absolute Gasteiger partial charge is 0.320 e. The van der Waals surface area contributed by atoms with Gasteiger partial charge < -0.3 is 11.1 Å². The highest BCUT2D eigenvalue weighted by Gasteiger charge is 2.12. The summed E-state index contributed by atoms with van der Waals surface area (Å²) in [5, 5.41) is 2.59. The van der Waals surface area contributed by atoms with E-state index in [9.17, 15) is 4.79 Å².